The molecule has 0 saturated heterocycles. The van der Waals surface area contributed by atoms with Gasteiger partial charge in [-0.15, -0.1) is 0 Å². The van der Waals surface area contributed by atoms with E-state index in [0.29, 0.717) is 0 Å². The summed E-state index contributed by atoms with van der Waals surface area (Å²) in [6, 6.07) is 0. The molecule has 0 rings (SSSR count). The zero-order valence-electron chi connectivity index (χ0n) is 8.03. The van der Waals surface area contributed by atoms with E-state index in [1.165, 1.54) is 36.5 Å². The van der Waals surface area contributed by atoms with E-state index in [0.717, 1.165) is 0 Å². The molecule has 0 nitrogen and oxygen atoms in total. The van der Waals surface area contributed by atoms with E-state index in [1.54, 1.807) is 0 Å². The fourth-order valence-electron chi connectivity index (χ4n) is 1.40. The van der Waals surface area contributed by atoms with Crippen LogP contribution in [0.2, 0.25) is 0 Å². The monoisotopic (exact) mass is 240 g/mol. The standard InChI is InChI=1S/C9H21BrS/c1-4-7-11(10,8-5-2)9-6-3/h4-9H2,1-3H3. The summed E-state index contributed by atoms with van der Waals surface area (Å²) in [4.78, 5) is 0. The highest BCUT2D eigenvalue weighted by Crippen LogP contribution is 2.56. The molecule has 0 aromatic heterocycles. The second-order valence-electron chi connectivity index (χ2n) is 3.05. The molecule has 0 heterocycles. The Morgan fingerprint density at radius 2 is 1.09 bits per heavy atom. The van der Waals surface area contributed by atoms with Crippen LogP contribution in [0.15, 0.2) is 0 Å². The van der Waals surface area contributed by atoms with Crippen LogP contribution in [0.4, 0.5) is 0 Å². The van der Waals surface area contributed by atoms with Crippen molar-refractivity contribution in [2.24, 2.45) is 0 Å². The first-order valence-electron chi connectivity index (χ1n) is 4.64. The smallest absolute Gasteiger partial charge is 0.0139 e. The summed E-state index contributed by atoms with van der Waals surface area (Å²) in [5, 5.41) is 0. The quantitative estimate of drug-likeness (QED) is 0.649. The molecule has 0 aromatic rings. The highest BCUT2D eigenvalue weighted by atomic mass is 79.9. The van der Waals surface area contributed by atoms with Gasteiger partial charge in [-0.1, -0.05) is 20.8 Å². The minimum Gasteiger partial charge on any atom is -0.183 e. The van der Waals surface area contributed by atoms with E-state index in [9.17, 15) is 0 Å². The molecule has 11 heavy (non-hydrogen) atoms. The lowest BCUT2D eigenvalue weighted by Crippen LogP contribution is -2.05. The molecule has 0 aliphatic heterocycles. The van der Waals surface area contributed by atoms with Gasteiger partial charge in [0.25, 0.3) is 0 Å². The summed E-state index contributed by atoms with van der Waals surface area (Å²) >= 11 is 3.95. The number of hydrogen-bond acceptors (Lipinski definition) is 0. The average Bonchev–Trinajstić information content (AvgIpc) is 1.88. The molecule has 0 saturated carbocycles. The zero-order valence-corrected chi connectivity index (χ0v) is 10.4. The van der Waals surface area contributed by atoms with Crippen LogP contribution in [0.1, 0.15) is 40.0 Å². The molecular formula is C9H21BrS. The summed E-state index contributed by atoms with van der Waals surface area (Å²) in [6.07, 6.45) is 4.00. The van der Waals surface area contributed by atoms with Crippen LogP contribution in [-0.4, -0.2) is 17.3 Å². The normalized spacial score (nSPS) is 13.5. The lowest BCUT2D eigenvalue weighted by atomic mass is 10.6. The van der Waals surface area contributed by atoms with Gasteiger partial charge in [-0.2, -0.15) is 8.46 Å². The van der Waals surface area contributed by atoms with Gasteiger partial charge in [0, 0.05) is 0 Å². The topological polar surface area (TPSA) is 0 Å². The molecule has 0 spiro atoms. The molecule has 0 atom stereocenters. The largest absolute Gasteiger partial charge is 0.183 e. The molecule has 70 valence electrons. The van der Waals surface area contributed by atoms with Crippen LogP contribution in [-0.2, 0) is 0 Å². The Kier molecular flexibility index (Phi) is 6.84. The maximum Gasteiger partial charge on any atom is -0.0139 e. The summed E-state index contributed by atoms with van der Waals surface area (Å²) < 4.78 is 0. The Morgan fingerprint density at radius 1 is 0.818 bits per heavy atom. The van der Waals surface area contributed by atoms with Crippen molar-refractivity contribution in [1.29, 1.82) is 0 Å². The summed E-state index contributed by atoms with van der Waals surface area (Å²) in [7, 11) is -0.377. The average molecular weight is 241 g/mol. The van der Waals surface area contributed by atoms with Gasteiger partial charge >= 0.3 is 0 Å². The summed E-state index contributed by atoms with van der Waals surface area (Å²) in [6.45, 7) is 6.86. The van der Waals surface area contributed by atoms with Crippen molar-refractivity contribution in [2.45, 2.75) is 40.0 Å². The first-order valence-corrected chi connectivity index (χ1v) is 8.62. The number of halogens is 1. The molecule has 0 radical (unpaired) electrons. The fraction of sp³-hybridized carbons (Fsp3) is 1.00. The molecular weight excluding hydrogens is 220 g/mol. The first kappa shape index (κ1) is 11.8. The molecule has 0 unspecified atom stereocenters. The van der Waals surface area contributed by atoms with Gasteiger partial charge in [0.1, 0.15) is 0 Å². The fourth-order valence-corrected chi connectivity index (χ4v) is 7.12. The van der Waals surface area contributed by atoms with Gasteiger partial charge in [0.2, 0.25) is 0 Å². The van der Waals surface area contributed by atoms with Gasteiger partial charge in [-0.3, -0.25) is 0 Å². The van der Waals surface area contributed by atoms with Crippen molar-refractivity contribution in [2.75, 3.05) is 17.3 Å². The van der Waals surface area contributed by atoms with Crippen LogP contribution in [0.5, 0.6) is 0 Å². The zero-order chi connectivity index (χ0) is 8.74. The van der Waals surface area contributed by atoms with Crippen LogP contribution in [0, 0.1) is 0 Å². The number of hydrogen-bond donors (Lipinski definition) is 0. The SMILES string of the molecule is CCCS(Br)(CCC)CCC. The minimum absolute atomic E-state index is 0.377. The van der Waals surface area contributed by atoms with E-state index >= 15 is 0 Å². The Labute approximate surface area is 80.7 Å². The van der Waals surface area contributed by atoms with E-state index in [2.05, 4.69) is 35.6 Å². The predicted octanol–water partition coefficient (Wildman–Crippen LogP) is 4.33. The molecule has 2 heteroatoms. The van der Waals surface area contributed by atoms with Crippen LogP contribution in [0.25, 0.3) is 0 Å². The molecule has 0 N–H and O–H groups in total. The van der Waals surface area contributed by atoms with Crippen LogP contribution < -0.4 is 0 Å². The van der Waals surface area contributed by atoms with Gasteiger partial charge < -0.3 is 0 Å². The van der Waals surface area contributed by atoms with Crippen molar-refractivity contribution < 1.29 is 0 Å². The molecule has 0 fully saturated rings. The Bertz CT molecular complexity index is 76.5. The maximum absolute atomic E-state index is 3.95. The van der Waals surface area contributed by atoms with Gasteiger partial charge in [0.05, 0.1) is 0 Å². The van der Waals surface area contributed by atoms with Gasteiger partial charge in [-0.05, 0) is 51.3 Å². The van der Waals surface area contributed by atoms with E-state index in [1.807, 2.05) is 0 Å². The second-order valence-corrected chi connectivity index (χ2v) is 10.3. The molecule has 0 bridgehead atoms. The van der Waals surface area contributed by atoms with E-state index in [4.69, 9.17) is 0 Å². The second kappa shape index (κ2) is 6.36. The van der Waals surface area contributed by atoms with Crippen LogP contribution in [0.3, 0.4) is 0 Å². The Balaban J connectivity index is 3.79. The van der Waals surface area contributed by atoms with Gasteiger partial charge in [0.15, 0.2) is 0 Å². The van der Waals surface area contributed by atoms with Crippen molar-refractivity contribution >= 4 is 23.3 Å². The highest BCUT2D eigenvalue weighted by molar-refractivity contribution is 9.58. The van der Waals surface area contributed by atoms with Crippen LogP contribution >= 0.6 is 23.3 Å². The van der Waals surface area contributed by atoms with Crippen molar-refractivity contribution in [3.63, 3.8) is 0 Å². The lowest BCUT2D eigenvalue weighted by Gasteiger charge is -2.32. The summed E-state index contributed by atoms with van der Waals surface area (Å²) in [5.74, 6) is 4.23. The van der Waals surface area contributed by atoms with Gasteiger partial charge in [-0.25, -0.2) is 0 Å². The molecule has 0 amide bonds. The third kappa shape index (κ3) is 5.13. The molecule has 0 aliphatic rings. The minimum atomic E-state index is -0.377. The highest BCUT2D eigenvalue weighted by Gasteiger charge is 2.16. The maximum atomic E-state index is 3.95. The predicted molar refractivity (Wildman–Crippen MR) is 62.0 cm³/mol. The third-order valence-corrected chi connectivity index (χ3v) is 8.04. The Hall–Kier alpha value is 0.830. The third-order valence-electron chi connectivity index (χ3n) is 1.71. The Morgan fingerprint density at radius 3 is 1.27 bits per heavy atom. The molecule has 0 aromatic carbocycles. The van der Waals surface area contributed by atoms with E-state index in [-0.39, 0.29) is 8.46 Å². The first-order chi connectivity index (χ1) is 5.18. The number of rotatable bonds is 6. The summed E-state index contributed by atoms with van der Waals surface area (Å²) in [5.41, 5.74) is 0. The van der Waals surface area contributed by atoms with Crippen molar-refractivity contribution in [1.82, 2.24) is 0 Å². The van der Waals surface area contributed by atoms with Crippen molar-refractivity contribution in [3.05, 3.63) is 0 Å². The van der Waals surface area contributed by atoms with E-state index < -0.39 is 0 Å². The van der Waals surface area contributed by atoms with Crippen molar-refractivity contribution in [3.8, 4) is 0 Å². The lowest BCUT2D eigenvalue weighted by molar-refractivity contribution is 1.03. The molecule has 0 aliphatic carbocycles.